The number of ether oxygens (including phenoxy) is 2. The van der Waals surface area contributed by atoms with Crippen LogP contribution in [0.15, 0.2) is 48.5 Å². The number of hydrogen-bond donors (Lipinski definition) is 1. The van der Waals surface area contributed by atoms with E-state index in [1.165, 1.54) is 0 Å². The summed E-state index contributed by atoms with van der Waals surface area (Å²) in [5.74, 6) is 0.950. The van der Waals surface area contributed by atoms with Crippen molar-refractivity contribution in [3.8, 4) is 11.5 Å². The number of carbonyl (C=O) groups is 1. The third-order valence-corrected chi connectivity index (χ3v) is 4.16. The molecule has 126 valence electrons. The van der Waals surface area contributed by atoms with Crippen LogP contribution in [-0.2, 0) is 4.79 Å². The van der Waals surface area contributed by atoms with E-state index in [2.05, 4.69) is 0 Å². The molecule has 0 radical (unpaired) electrons. The maximum absolute atomic E-state index is 12.3. The molecule has 3 rings (SSSR count). The van der Waals surface area contributed by atoms with Gasteiger partial charge in [-0.3, -0.25) is 4.79 Å². The number of halogens is 1. The highest BCUT2D eigenvalue weighted by Gasteiger charge is 2.36. The van der Waals surface area contributed by atoms with Crippen molar-refractivity contribution < 1.29 is 19.4 Å². The van der Waals surface area contributed by atoms with Gasteiger partial charge in [0.15, 0.2) is 17.6 Å². The monoisotopic (exact) mass is 347 g/mol. The van der Waals surface area contributed by atoms with E-state index in [9.17, 15) is 9.90 Å². The first-order chi connectivity index (χ1) is 11.6. The van der Waals surface area contributed by atoms with Crippen molar-refractivity contribution in [2.75, 3.05) is 20.2 Å². The molecule has 24 heavy (non-hydrogen) atoms. The van der Waals surface area contributed by atoms with Gasteiger partial charge in [0.25, 0.3) is 5.91 Å². The molecule has 0 spiro atoms. The quantitative estimate of drug-likeness (QED) is 0.903. The number of aliphatic hydroxyl groups is 1. The number of nitrogens with zero attached hydrogens (tertiary/aromatic N) is 1. The molecule has 0 saturated carbocycles. The van der Waals surface area contributed by atoms with Crippen molar-refractivity contribution in [1.82, 2.24) is 4.90 Å². The lowest BCUT2D eigenvalue weighted by Crippen LogP contribution is -2.57. The number of para-hydroxylation sites is 2. The van der Waals surface area contributed by atoms with Gasteiger partial charge in [0.2, 0.25) is 0 Å². The van der Waals surface area contributed by atoms with Crippen LogP contribution in [0, 0.1) is 0 Å². The molecule has 0 bridgehead atoms. The van der Waals surface area contributed by atoms with E-state index in [-0.39, 0.29) is 12.0 Å². The molecule has 2 aromatic rings. The molecule has 1 heterocycles. The summed E-state index contributed by atoms with van der Waals surface area (Å²) in [6.45, 7) is 0.850. The minimum atomic E-state index is -1.21. The van der Waals surface area contributed by atoms with Gasteiger partial charge in [-0.1, -0.05) is 35.9 Å². The summed E-state index contributed by atoms with van der Waals surface area (Å²) in [4.78, 5) is 13.9. The van der Waals surface area contributed by atoms with Gasteiger partial charge in [-0.15, -0.1) is 0 Å². The number of benzene rings is 2. The first-order valence-electron chi connectivity index (χ1n) is 7.60. The smallest absolute Gasteiger partial charge is 0.256 e. The predicted octanol–water partition coefficient (Wildman–Crippen LogP) is 2.67. The second kappa shape index (κ2) is 7.11. The SMILES string of the molecule is COc1ccccc1OC1CN(C(=O)[C@@H](O)c2cccc(Cl)c2)C1. The number of methoxy groups -OCH3 is 1. The van der Waals surface area contributed by atoms with Crippen LogP contribution in [-0.4, -0.2) is 42.2 Å². The van der Waals surface area contributed by atoms with Crippen LogP contribution in [0.25, 0.3) is 0 Å². The van der Waals surface area contributed by atoms with Gasteiger partial charge in [0.05, 0.1) is 20.2 Å². The summed E-state index contributed by atoms with van der Waals surface area (Å²) in [6.07, 6.45) is -1.33. The molecule has 0 unspecified atom stereocenters. The number of aliphatic hydroxyl groups excluding tert-OH is 1. The van der Waals surface area contributed by atoms with Gasteiger partial charge in [-0.05, 0) is 29.8 Å². The number of carbonyl (C=O) groups excluding carboxylic acids is 1. The third kappa shape index (κ3) is 3.47. The third-order valence-electron chi connectivity index (χ3n) is 3.92. The van der Waals surface area contributed by atoms with Gasteiger partial charge < -0.3 is 19.5 Å². The summed E-state index contributed by atoms with van der Waals surface area (Å²) >= 11 is 5.90. The van der Waals surface area contributed by atoms with E-state index in [1.54, 1.807) is 36.3 Å². The normalized spacial score (nSPS) is 15.5. The minimum Gasteiger partial charge on any atom is -0.493 e. The lowest BCUT2D eigenvalue weighted by atomic mass is 10.1. The van der Waals surface area contributed by atoms with Gasteiger partial charge >= 0.3 is 0 Å². The number of rotatable bonds is 5. The summed E-state index contributed by atoms with van der Waals surface area (Å²) in [5, 5.41) is 10.7. The fourth-order valence-electron chi connectivity index (χ4n) is 2.58. The highest BCUT2D eigenvalue weighted by atomic mass is 35.5. The standard InChI is InChI=1S/C18H18ClNO4/c1-23-15-7-2-3-8-16(15)24-14-10-20(11-14)18(22)17(21)12-5-4-6-13(19)9-12/h2-9,14,17,21H,10-11H2,1H3/t17-/m0/s1. The fourth-order valence-corrected chi connectivity index (χ4v) is 2.78. The van der Waals surface area contributed by atoms with Crippen LogP contribution in [0.1, 0.15) is 11.7 Å². The molecular formula is C18H18ClNO4. The van der Waals surface area contributed by atoms with E-state index >= 15 is 0 Å². The molecule has 6 heteroatoms. The average Bonchev–Trinajstić information content (AvgIpc) is 2.56. The molecule has 2 aromatic carbocycles. The largest absolute Gasteiger partial charge is 0.493 e. The molecule has 1 aliphatic heterocycles. The maximum Gasteiger partial charge on any atom is 0.256 e. The zero-order valence-corrected chi connectivity index (χ0v) is 13.9. The van der Waals surface area contributed by atoms with Crippen LogP contribution < -0.4 is 9.47 Å². The van der Waals surface area contributed by atoms with Gasteiger partial charge in [0, 0.05) is 5.02 Å². The van der Waals surface area contributed by atoms with Crippen molar-refractivity contribution >= 4 is 17.5 Å². The zero-order chi connectivity index (χ0) is 17.1. The van der Waals surface area contributed by atoms with Crippen molar-refractivity contribution in [3.05, 3.63) is 59.1 Å². The molecule has 0 aliphatic carbocycles. The summed E-state index contributed by atoms with van der Waals surface area (Å²) in [5.41, 5.74) is 0.488. The Bertz CT molecular complexity index is 730. The Morgan fingerprint density at radius 2 is 1.92 bits per heavy atom. The van der Waals surface area contributed by atoms with E-state index in [0.717, 1.165) is 0 Å². The van der Waals surface area contributed by atoms with Crippen molar-refractivity contribution in [2.45, 2.75) is 12.2 Å². The molecule has 1 atom stereocenters. The Kier molecular flexibility index (Phi) is 4.92. The molecular weight excluding hydrogens is 330 g/mol. The van der Waals surface area contributed by atoms with Gasteiger partial charge in [-0.25, -0.2) is 0 Å². The first kappa shape index (κ1) is 16.6. The Hall–Kier alpha value is -2.24. The highest BCUT2D eigenvalue weighted by molar-refractivity contribution is 6.30. The molecule has 1 N–H and O–H groups in total. The van der Waals surface area contributed by atoms with E-state index in [0.29, 0.717) is 35.2 Å². The van der Waals surface area contributed by atoms with Crippen LogP contribution >= 0.6 is 11.6 Å². The van der Waals surface area contributed by atoms with Gasteiger partial charge in [0.1, 0.15) is 6.10 Å². The molecule has 1 fully saturated rings. The van der Waals surface area contributed by atoms with Crippen molar-refractivity contribution in [3.63, 3.8) is 0 Å². The Morgan fingerprint density at radius 3 is 2.58 bits per heavy atom. The summed E-state index contributed by atoms with van der Waals surface area (Å²) < 4.78 is 11.1. The zero-order valence-electron chi connectivity index (χ0n) is 13.2. The number of likely N-dealkylation sites (tertiary alicyclic amines) is 1. The topological polar surface area (TPSA) is 59.0 Å². The molecule has 1 saturated heterocycles. The van der Waals surface area contributed by atoms with Crippen molar-refractivity contribution in [2.24, 2.45) is 0 Å². The van der Waals surface area contributed by atoms with Crippen LogP contribution in [0.4, 0.5) is 0 Å². The Morgan fingerprint density at radius 1 is 1.21 bits per heavy atom. The van der Waals surface area contributed by atoms with E-state index in [4.69, 9.17) is 21.1 Å². The number of amides is 1. The predicted molar refractivity (Wildman–Crippen MR) is 90.4 cm³/mol. The number of hydrogen-bond acceptors (Lipinski definition) is 4. The first-order valence-corrected chi connectivity index (χ1v) is 7.98. The van der Waals surface area contributed by atoms with Gasteiger partial charge in [-0.2, -0.15) is 0 Å². The highest BCUT2D eigenvalue weighted by Crippen LogP contribution is 2.29. The van der Waals surface area contributed by atoms with Crippen LogP contribution in [0.3, 0.4) is 0 Å². The second-order valence-electron chi connectivity index (χ2n) is 5.59. The van der Waals surface area contributed by atoms with Crippen molar-refractivity contribution in [1.29, 1.82) is 0 Å². The van der Waals surface area contributed by atoms with E-state index in [1.807, 2.05) is 24.3 Å². The molecule has 5 nitrogen and oxygen atoms in total. The summed E-state index contributed by atoms with van der Waals surface area (Å²) in [6, 6.07) is 14.0. The molecule has 0 aromatic heterocycles. The fraction of sp³-hybridized carbons (Fsp3) is 0.278. The minimum absolute atomic E-state index is 0.114. The second-order valence-corrected chi connectivity index (χ2v) is 6.03. The van der Waals surface area contributed by atoms with Crippen LogP contribution in [0.2, 0.25) is 5.02 Å². The Balaban J connectivity index is 1.57. The lowest BCUT2D eigenvalue weighted by Gasteiger charge is -2.40. The van der Waals surface area contributed by atoms with E-state index < -0.39 is 6.10 Å². The van der Waals surface area contributed by atoms with Crippen LogP contribution in [0.5, 0.6) is 11.5 Å². The maximum atomic E-state index is 12.3. The average molecular weight is 348 g/mol. The molecule has 1 aliphatic rings. The lowest BCUT2D eigenvalue weighted by molar-refractivity contribution is -0.149. The molecule has 1 amide bonds. The summed E-state index contributed by atoms with van der Waals surface area (Å²) in [7, 11) is 1.58. The Labute approximate surface area is 145 Å².